The summed E-state index contributed by atoms with van der Waals surface area (Å²) in [6.07, 6.45) is 0. The molecule has 0 fully saturated rings. The molecule has 0 spiro atoms. The quantitative estimate of drug-likeness (QED) is 0.661. The zero-order valence-electron chi connectivity index (χ0n) is 12.0. The third kappa shape index (κ3) is 3.36. The summed E-state index contributed by atoms with van der Waals surface area (Å²) in [5.74, 6) is -3.92. The summed E-state index contributed by atoms with van der Waals surface area (Å²) in [5, 5.41) is 13.0. The van der Waals surface area contributed by atoms with Gasteiger partial charge in [-0.25, -0.2) is 27.3 Å². The van der Waals surface area contributed by atoms with Crippen LogP contribution in [0.15, 0.2) is 24.3 Å². The van der Waals surface area contributed by atoms with Crippen LogP contribution in [0.1, 0.15) is 5.56 Å². The summed E-state index contributed by atoms with van der Waals surface area (Å²) >= 11 is 0.823. The molecule has 0 aliphatic carbocycles. The lowest BCUT2D eigenvalue weighted by Crippen LogP contribution is -2.19. The molecule has 10 heteroatoms. The van der Waals surface area contributed by atoms with Gasteiger partial charge in [-0.3, -0.25) is 5.32 Å². The zero-order chi connectivity index (χ0) is 18.1. The van der Waals surface area contributed by atoms with Crippen LogP contribution in [0.25, 0.3) is 10.2 Å². The number of halogens is 4. The van der Waals surface area contributed by atoms with Crippen molar-refractivity contribution in [2.24, 2.45) is 0 Å². The Kier molecular flexibility index (Phi) is 4.24. The van der Waals surface area contributed by atoms with E-state index in [4.69, 9.17) is 5.26 Å². The summed E-state index contributed by atoms with van der Waals surface area (Å²) in [6.45, 7) is 0. The van der Waals surface area contributed by atoms with E-state index in [2.05, 4.69) is 15.6 Å². The molecule has 0 radical (unpaired) electrons. The number of anilines is 2. The number of hydrogen-bond acceptors (Lipinski definition) is 4. The van der Waals surface area contributed by atoms with E-state index in [0.717, 1.165) is 29.5 Å². The lowest BCUT2D eigenvalue weighted by atomic mass is 10.2. The van der Waals surface area contributed by atoms with Crippen LogP contribution in [0.5, 0.6) is 0 Å². The highest BCUT2D eigenvalue weighted by Crippen LogP contribution is 2.28. The maximum absolute atomic E-state index is 13.6. The highest BCUT2D eigenvalue weighted by atomic mass is 32.1. The summed E-state index contributed by atoms with van der Waals surface area (Å²) in [4.78, 5) is 15.7. The molecule has 0 unspecified atom stereocenters. The second-order valence-corrected chi connectivity index (χ2v) is 5.79. The fraction of sp³-hybridized carbons (Fsp3) is 0. The maximum Gasteiger partial charge on any atom is 0.325 e. The Bertz CT molecular complexity index is 1020. The summed E-state index contributed by atoms with van der Waals surface area (Å²) < 4.78 is 53.9. The molecule has 2 amide bonds. The predicted octanol–water partition coefficient (Wildman–Crippen LogP) is 4.37. The van der Waals surface area contributed by atoms with Crippen LogP contribution in [0.2, 0.25) is 0 Å². The van der Waals surface area contributed by atoms with E-state index in [1.807, 2.05) is 0 Å². The fourth-order valence-electron chi connectivity index (χ4n) is 2.02. The van der Waals surface area contributed by atoms with Gasteiger partial charge in [0.1, 0.15) is 34.6 Å². The summed E-state index contributed by atoms with van der Waals surface area (Å²) in [7, 11) is 0. The number of aromatic nitrogens is 1. The number of carbonyl (C=O) groups excluding carboxylic acids is 1. The van der Waals surface area contributed by atoms with Crippen molar-refractivity contribution < 1.29 is 22.4 Å². The number of nitriles is 1. The number of urea groups is 1. The van der Waals surface area contributed by atoms with Crippen molar-refractivity contribution in [2.75, 3.05) is 10.6 Å². The lowest BCUT2D eigenvalue weighted by Gasteiger charge is -2.06. The number of hydrogen-bond donors (Lipinski definition) is 2. The van der Waals surface area contributed by atoms with Crippen molar-refractivity contribution in [3.8, 4) is 6.07 Å². The van der Waals surface area contributed by atoms with Gasteiger partial charge < -0.3 is 5.32 Å². The molecule has 5 nitrogen and oxygen atoms in total. The van der Waals surface area contributed by atoms with Crippen molar-refractivity contribution in [2.45, 2.75) is 0 Å². The van der Waals surface area contributed by atoms with E-state index in [0.29, 0.717) is 6.07 Å². The molecule has 0 saturated heterocycles. The van der Waals surface area contributed by atoms with Crippen molar-refractivity contribution in [1.29, 1.82) is 5.26 Å². The van der Waals surface area contributed by atoms with E-state index in [1.54, 1.807) is 0 Å². The molecule has 126 valence electrons. The first-order valence-electron chi connectivity index (χ1n) is 6.60. The normalized spacial score (nSPS) is 10.5. The number of nitrogens with zero attached hydrogens (tertiary/aromatic N) is 2. The Balaban J connectivity index is 1.79. The molecule has 1 aromatic heterocycles. The van der Waals surface area contributed by atoms with Crippen LogP contribution >= 0.6 is 11.3 Å². The molecule has 0 aliphatic rings. The Morgan fingerprint density at radius 2 is 1.72 bits per heavy atom. The van der Waals surface area contributed by atoms with Crippen LogP contribution in [-0.4, -0.2) is 11.0 Å². The van der Waals surface area contributed by atoms with Gasteiger partial charge in [0.15, 0.2) is 10.9 Å². The Hall–Kier alpha value is -3.19. The van der Waals surface area contributed by atoms with Gasteiger partial charge in [-0.1, -0.05) is 11.3 Å². The Morgan fingerprint density at radius 3 is 2.36 bits per heavy atom. The van der Waals surface area contributed by atoms with E-state index in [1.165, 1.54) is 6.07 Å². The average molecular weight is 366 g/mol. The molecule has 1 heterocycles. The molecule has 0 atom stereocenters. The van der Waals surface area contributed by atoms with E-state index < -0.39 is 34.9 Å². The van der Waals surface area contributed by atoms with Gasteiger partial charge in [0.25, 0.3) is 0 Å². The molecule has 2 N–H and O–H groups in total. The van der Waals surface area contributed by atoms with Crippen LogP contribution in [0, 0.1) is 34.6 Å². The minimum absolute atomic E-state index is 0.0356. The van der Waals surface area contributed by atoms with Crippen LogP contribution < -0.4 is 10.6 Å². The highest BCUT2D eigenvalue weighted by Gasteiger charge is 2.15. The summed E-state index contributed by atoms with van der Waals surface area (Å²) in [6, 6.07) is 3.72. The van der Waals surface area contributed by atoms with E-state index in [-0.39, 0.29) is 21.0 Å². The Morgan fingerprint density at radius 1 is 1.04 bits per heavy atom. The minimum atomic E-state index is -1.13. The molecular weight excluding hydrogens is 360 g/mol. The number of amides is 2. The lowest BCUT2D eigenvalue weighted by molar-refractivity contribution is 0.262. The molecule has 0 bridgehead atoms. The fourth-order valence-corrected chi connectivity index (χ4v) is 2.92. The third-order valence-electron chi connectivity index (χ3n) is 3.05. The second-order valence-electron chi connectivity index (χ2n) is 4.76. The third-order valence-corrected chi connectivity index (χ3v) is 3.96. The SMILES string of the molecule is N#Cc1c(F)cc(NC(=O)Nc2nc3c(F)cc(F)cc3s2)cc1F. The van der Waals surface area contributed by atoms with Crippen LogP contribution in [-0.2, 0) is 0 Å². The van der Waals surface area contributed by atoms with Crippen molar-refractivity contribution in [3.63, 3.8) is 0 Å². The van der Waals surface area contributed by atoms with E-state index in [9.17, 15) is 22.4 Å². The molecule has 3 aromatic rings. The van der Waals surface area contributed by atoms with Crippen LogP contribution in [0.3, 0.4) is 0 Å². The molecule has 2 aromatic carbocycles. The first-order valence-corrected chi connectivity index (χ1v) is 7.42. The Labute approximate surface area is 141 Å². The predicted molar refractivity (Wildman–Crippen MR) is 83.3 cm³/mol. The number of benzene rings is 2. The summed E-state index contributed by atoms with van der Waals surface area (Å²) in [5.41, 5.74) is -1.11. The first-order chi connectivity index (χ1) is 11.9. The number of thiazole rings is 1. The minimum Gasteiger partial charge on any atom is -0.307 e. The molecule has 3 rings (SSSR count). The highest BCUT2D eigenvalue weighted by molar-refractivity contribution is 7.22. The number of fused-ring (bicyclic) bond motifs is 1. The topological polar surface area (TPSA) is 77.8 Å². The smallest absolute Gasteiger partial charge is 0.307 e. The van der Waals surface area contributed by atoms with Gasteiger partial charge in [0.2, 0.25) is 0 Å². The molecule has 25 heavy (non-hydrogen) atoms. The van der Waals surface area contributed by atoms with Crippen molar-refractivity contribution in [3.05, 3.63) is 53.1 Å². The van der Waals surface area contributed by atoms with Crippen LogP contribution in [0.4, 0.5) is 33.2 Å². The van der Waals surface area contributed by atoms with Gasteiger partial charge in [-0.05, 0) is 18.2 Å². The monoisotopic (exact) mass is 366 g/mol. The second kappa shape index (κ2) is 6.37. The maximum atomic E-state index is 13.6. The van der Waals surface area contributed by atoms with Crippen molar-refractivity contribution in [1.82, 2.24) is 4.98 Å². The number of nitrogens with one attached hydrogen (secondary N) is 2. The number of rotatable bonds is 2. The zero-order valence-corrected chi connectivity index (χ0v) is 12.8. The van der Waals surface area contributed by atoms with Gasteiger partial charge in [0, 0.05) is 11.8 Å². The standard InChI is InChI=1S/C15H6F4N4OS/c16-6-1-11(19)13-12(2-6)25-15(22-13)23-14(24)21-7-3-9(17)8(5-20)10(18)4-7/h1-4H,(H2,21,22,23,24). The van der Waals surface area contributed by atoms with Gasteiger partial charge in [0.05, 0.1) is 4.70 Å². The first kappa shape index (κ1) is 16.7. The van der Waals surface area contributed by atoms with E-state index >= 15 is 0 Å². The molecule has 0 aliphatic heterocycles. The van der Waals surface area contributed by atoms with Crippen molar-refractivity contribution >= 4 is 38.4 Å². The van der Waals surface area contributed by atoms with Gasteiger partial charge >= 0.3 is 6.03 Å². The van der Waals surface area contributed by atoms with Gasteiger partial charge in [-0.2, -0.15) is 5.26 Å². The molecule has 0 saturated carbocycles. The average Bonchev–Trinajstić information content (AvgIpc) is 2.89. The molecular formula is C15H6F4N4OS. The van der Waals surface area contributed by atoms with Gasteiger partial charge in [-0.15, -0.1) is 0 Å². The largest absolute Gasteiger partial charge is 0.325 e. The number of carbonyl (C=O) groups is 1.